The first-order valence-corrected chi connectivity index (χ1v) is 9.36. The van der Waals surface area contributed by atoms with Gasteiger partial charge in [-0.2, -0.15) is 13.2 Å². The van der Waals surface area contributed by atoms with E-state index in [1.165, 1.54) is 4.90 Å². The van der Waals surface area contributed by atoms with Gasteiger partial charge in [0.2, 0.25) is 5.91 Å². The summed E-state index contributed by atoms with van der Waals surface area (Å²) in [7, 11) is 1.55. The molecule has 2 N–H and O–H groups in total. The number of halogens is 3. The summed E-state index contributed by atoms with van der Waals surface area (Å²) in [4.78, 5) is 30.6. The number of aliphatic imine (C=N–C) groups is 1. The van der Waals surface area contributed by atoms with Crippen molar-refractivity contribution in [3.63, 3.8) is 0 Å². The molecule has 1 atom stereocenters. The molecule has 5 nitrogen and oxygen atoms in total. The molecule has 1 aromatic rings. The second-order valence-electron chi connectivity index (χ2n) is 7.76. The molecule has 8 heteroatoms. The Bertz CT molecular complexity index is 830. The number of rotatable bonds is 6. The average Bonchev–Trinajstić information content (AvgIpc) is 3.42. The monoisotopic (exact) mass is 395 g/mol. The molecule has 1 aliphatic heterocycles. The summed E-state index contributed by atoms with van der Waals surface area (Å²) >= 11 is 0. The Morgan fingerprint density at radius 3 is 2.54 bits per heavy atom. The van der Waals surface area contributed by atoms with Crippen LogP contribution in [0.3, 0.4) is 0 Å². The van der Waals surface area contributed by atoms with Gasteiger partial charge < -0.3 is 5.73 Å². The van der Waals surface area contributed by atoms with Gasteiger partial charge in [-0.05, 0) is 30.4 Å². The molecular weight excluding hydrogens is 371 g/mol. The van der Waals surface area contributed by atoms with E-state index in [2.05, 4.69) is 4.99 Å². The van der Waals surface area contributed by atoms with Crippen LogP contribution in [0.2, 0.25) is 0 Å². The lowest BCUT2D eigenvalue weighted by Crippen LogP contribution is -2.48. The molecule has 0 saturated heterocycles. The van der Waals surface area contributed by atoms with Crippen molar-refractivity contribution in [3.05, 3.63) is 35.4 Å². The van der Waals surface area contributed by atoms with Crippen LogP contribution in [-0.4, -0.2) is 35.8 Å². The third-order valence-corrected chi connectivity index (χ3v) is 5.81. The van der Waals surface area contributed by atoms with Crippen LogP contribution in [0.5, 0.6) is 0 Å². The van der Waals surface area contributed by atoms with Crippen molar-refractivity contribution < 1.29 is 22.8 Å². The van der Waals surface area contributed by atoms with E-state index in [1.807, 2.05) is 6.92 Å². The molecule has 0 radical (unpaired) electrons. The van der Waals surface area contributed by atoms with E-state index in [4.69, 9.17) is 5.73 Å². The molecular formula is C20H24F3N3O2. The van der Waals surface area contributed by atoms with Crippen LogP contribution in [0.4, 0.5) is 13.2 Å². The third kappa shape index (κ3) is 3.40. The smallest absolute Gasteiger partial charge is 0.369 e. The van der Waals surface area contributed by atoms with Crippen LogP contribution >= 0.6 is 0 Å². The summed E-state index contributed by atoms with van der Waals surface area (Å²) in [5, 5.41) is 0. The van der Waals surface area contributed by atoms with Crippen LogP contribution in [0.1, 0.15) is 50.2 Å². The van der Waals surface area contributed by atoms with Gasteiger partial charge in [0.15, 0.2) is 11.7 Å². The SMILES string of the molecule is CCC[C@@]1(c2cccc(CC(=O)C3(C(F)(F)F)CC3)c2)CC(=O)N(C)C(N)=N1. The number of ketones is 1. The van der Waals surface area contributed by atoms with Crippen LogP contribution in [0, 0.1) is 5.41 Å². The molecule has 0 bridgehead atoms. The minimum atomic E-state index is -4.51. The zero-order chi connectivity index (χ0) is 20.7. The van der Waals surface area contributed by atoms with Crippen LogP contribution in [-0.2, 0) is 21.5 Å². The summed E-state index contributed by atoms with van der Waals surface area (Å²) in [5.41, 5.74) is 4.07. The Balaban J connectivity index is 1.92. The fourth-order valence-electron chi connectivity index (χ4n) is 3.87. The molecule has 152 valence electrons. The van der Waals surface area contributed by atoms with E-state index in [9.17, 15) is 22.8 Å². The van der Waals surface area contributed by atoms with Crippen molar-refractivity contribution in [2.24, 2.45) is 16.1 Å². The lowest BCUT2D eigenvalue weighted by molar-refractivity contribution is -0.190. The molecule has 1 fully saturated rings. The Kier molecular flexibility index (Phi) is 5.02. The number of hydrogen-bond acceptors (Lipinski definition) is 4. The first-order chi connectivity index (χ1) is 13.0. The van der Waals surface area contributed by atoms with E-state index in [1.54, 1.807) is 31.3 Å². The van der Waals surface area contributed by atoms with E-state index >= 15 is 0 Å². The number of alkyl halides is 3. The second kappa shape index (κ2) is 6.90. The van der Waals surface area contributed by atoms with Gasteiger partial charge in [-0.15, -0.1) is 0 Å². The second-order valence-corrected chi connectivity index (χ2v) is 7.76. The fraction of sp³-hybridized carbons (Fsp3) is 0.550. The van der Waals surface area contributed by atoms with Crippen molar-refractivity contribution in [2.75, 3.05) is 7.05 Å². The number of carbonyl (C=O) groups is 2. The van der Waals surface area contributed by atoms with E-state index in [0.29, 0.717) is 17.5 Å². The number of hydrogen-bond donors (Lipinski definition) is 1. The summed E-state index contributed by atoms with van der Waals surface area (Å²) < 4.78 is 39.6. The van der Waals surface area contributed by atoms with E-state index in [-0.39, 0.29) is 37.6 Å². The fourth-order valence-corrected chi connectivity index (χ4v) is 3.87. The standard InChI is InChI=1S/C20H24F3N3O2/c1-3-7-19(12-16(28)26(2)17(24)25-19)14-6-4-5-13(10-14)11-15(27)18(8-9-18)20(21,22)23/h4-6,10H,3,7-9,11-12H2,1-2H3,(H2,24,25)/t19-/m0/s1. The predicted octanol–water partition coefficient (Wildman–Crippen LogP) is 3.31. The van der Waals surface area contributed by atoms with E-state index in [0.717, 1.165) is 6.42 Å². The molecule has 0 aromatic heterocycles. The zero-order valence-electron chi connectivity index (χ0n) is 16.0. The van der Waals surface area contributed by atoms with Gasteiger partial charge in [0.25, 0.3) is 0 Å². The van der Waals surface area contributed by atoms with Crippen LogP contribution in [0.25, 0.3) is 0 Å². The molecule has 1 saturated carbocycles. The Labute approximate surface area is 161 Å². The number of guanidine groups is 1. The van der Waals surface area contributed by atoms with Crippen LogP contribution < -0.4 is 5.73 Å². The lowest BCUT2D eigenvalue weighted by atomic mass is 9.80. The summed E-state index contributed by atoms with van der Waals surface area (Å²) in [6.45, 7) is 1.96. The minimum Gasteiger partial charge on any atom is -0.369 e. The molecule has 1 heterocycles. The molecule has 1 aliphatic carbocycles. The number of amides is 1. The first kappa shape index (κ1) is 20.4. The molecule has 3 rings (SSSR count). The zero-order valence-corrected chi connectivity index (χ0v) is 16.0. The normalized spacial score (nSPS) is 24.1. The molecule has 28 heavy (non-hydrogen) atoms. The Hall–Kier alpha value is -2.38. The van der Waals surface area contributed by atoms with Gasteiger partial charge in [0, 0.05) is 13.5 Å². The number of Topliss-reactive ketones (excluding diaryl/α,β-unsaturated/α-hetero) is 1. The van der Waals surface area contributed by atoms with Crippen molar-refractivity contribution in [3.8, 4) is 0 Å². The highest BCUT2D eigenvalue weighted by Gasteiger charge is 2.67. The number of benzene rings is 1. The highest BCUT2D eigenvalue weighted by molar-refractivity contribution is 5.98. The van der Waals surface area contributed by atoms with Crippen molar-refractivity contribution in [1.82, 2.24) is 4.90 Å². The summed E-state index contributed by atoms with van der Waals surface area (Å²) in [6.07, 6.45) is -3.65. The molecule has 0 unspecified atom stereocenters. The Morgan fingerprint density at radius 1 is 1.32 bits per heavy atom. The van der Waals surface area contributed by atoms with Gasteiger partial charge >= 0.3 is 6.18 Å². The Morgan fingerprint density at radius 2 is 2.00 bits per heavy atom. The van der Waals surface area contributed by atoms with Gasteiger partial charge in [-0.25, -0.2) is 4.99 Å². The predicted molar refractivity (Wildman–Crippen MR) is 98.5 cm³/mol. The highest BCUT2D eigenvalue weighted by Crippen LogP contribution is 2.58. The molecule has 1 amide bonds. The van der Waals surface area contributed by atoms with Gasteiger partial charge in [0.1, 0.15) is 5.41 Å². The largest absolute Gasteiger partial charge is 0.401 e. The van der Waals surface area contributed by atoms with Crippen molar-refractivity contribution >= 4 is 17.6 Å². The topological polar surface area (TPSA) is 75.8 Å². The number of nitrogens with zero attached hydrogens (tertiary/aromatic N) is 2. The maximum absolute atomic E-state index is 13.2. The number of carbonyl (C=O) groups excluding carboxylic acids is 2. The average molecular weight is 395 g/mol. The summed E-state index contributed by atoms with van der Waals surface area (Å²) in [5.74, 6) is -0.860. The summed E-state index contributed by atoms with van der Waals surface area (Å²) in [6, 6.07) is 6.80. The lowest BCUT2D eigenvalue weighted by Gasteiger charge is -2.36. The first-order valence-electron chi connectivity index (χ1n) is 9.36. The van der Waals surface area contributed by atoms with Gasteiger partial charge in [0.05, 0.1) is 12.0 Å². The maximum atomic E-state index is 13.2. The quantitative estimate of drug-likeness (QED) is 0.803. The van der Waals surface area contributed by atoms with Crippen molar-refractivity contribution in [2.45, 2.75) is 57.2 Å². The van der Waals surface area contributed by atoms with Gasteiger partial charge in [-0.3, -0.25) is 14.5 Å². The molecule has 1 aromatic carbocycles. The highest BCUT2D eigenvalue weighted by atomic mass is 19.4. The molecule has 0 spiro atoms. The van der Waals surface area contributed by atoms with E-state index < -0.39 is 22.9 Å². The van der Waals surface area contributed by atoms with Gasteiger partial charge in [-0.1, -0.05) is 37.6 Å². The van der Waals surface area contributed by atoms with Crippen LogP contribution in [0.15, 0.2) is 29.3 Å². The molecule has 2 aliphatic rings. The third-order valence-electron chi connectivity index (χ3n) is 5.81. The number of nitrogens with two attached hydrogens (primary N) is 1. The van der Waals surface area contributed by atoms with Crippen molar-refractivity contribution in [1.29, 1.82) is 0 Å². The maximum Gasteiger partial charge on any atom is 0.401 e. The minimum absolute atomic E-state index is 0.111.